The minimum Gasteiger partial charge on any atom is -0.508 e. The fraction of sp³-hybridized carbons (Fsp3) is 0.400. The molecule has 1 N–H and O–H groups in total. The molecule has 0 radical (unpaired) electrons. The number of benzene rings is 2. The molecule has 4 rings (SSSR count). The minimum absolute atomic E-state index is 0.374. The van der Waals surface area contributed by atoms with E-state index in [1.165, 1.54) is 35.4 Å². The van der Waals surface area contributed by atoms with Crippen molar-refractivity contribution in [3.63, 3.8) is 0 Å². The molecule has 0 spiro atoms. The molecule has 1 aromatic heterocycles. The van der Waals surface area contributed by atoms with Gasteiger partial charge in [-0.1, -0.05) is 82.1 Å². The molecule has 2 aromatic carbocycles. The third kappa shape index (κ3) is 5.44. The van der Waals surface area contributed by atoms with Gasteiger partial charge in [-0.2, -0.15) is 0 Å². The van der Waals surface area contributed by atoms with Crippen molar-refractivity contribution in [3.05, 3.63) is 57.4 Å². The van der Waals surface area contributed by atoms with Crippen LogP contribution in [0.15, 0.2) is 42.5 Å². The lowest BCUT2D eigenvalue weighted by atomic mass is 10.0. The fourth-order valence-corrected chi connectivity index (χ4v) is 6.98. The summed E-state index contributed by atoms with van der Waals surface area (Å²) < 4.78 is 0.918. The maximum Gasteiger partial charge on any atom is 0.120 e. The molecule has 1 aliphatic heterocycles. The zero-order valence-electron chi connectivity index (χ0n) is 18.3. The summed E-state index contributed by atoms with van der Waals surface area (Å²) in [6.45, 7) is 10.7. The normalized spacial score (nSPS) is 15.4. The molecule has 1 aliphatic rings. The van der Waals surface area contributed by atoms with Crippen LogP contribution in [0.5, 0.6) is 5.75 Å². The second kappa shape index (κ2) is 10.4. The number of unbranched alkanes of at least 4 members (excludes halogenated alkanes) is 1. The topological polar surface area (TPSA) is 26.7 Å². The van der Waals surface area contributed by atoms with Gasteiger partial charge in [-0.05, 0) is 43.1 Å². The van der Waals surface area contributed by atoms with Gasteiger partial charge in [-0.25, -0.2) is 0 Å². The first-order valence-electron chi connectivity index (χ1n) is 11.0. The summed E-state index contributed by atoms with van der Waals surface area (Å²) in [6, 6.07) is 14.6. The summed E-state index contributed by atoms with van der Waals surface area (Å²) in [6.07, 6.45) is 2.52. The predicted molar refractivity (Wildman–Crippen MR) is 137 cm³/mol. The highest BCUT2D eigenvalue weighted by Gasteiger charge is 2.19. The molecular formula is C25H30N2OS3. The molecule has 31 heavy (non-hydrogen) atoms. The van der Waals surface area contributed by atoms with E-state index in [0.717, 1.165) is 53.2 Å². The van der Waals surface area contributed by atoms with E-state index in [0.29, 0.717) is 5.75 Å². The van der Waals surface area contributed by atoms with E-state index in [9.17, 15) is 5.11 Å². The Labute approximate surface area is 198 Å². The van der Waals surface area contributed by atoms with E-state index in [2.05, 4.69) is 54.0 Å². The number of phenols is 1. The maximum absolute atomic E-state index is 10.6. The number of rotatable bonds is 7. The highest BCUT2D eigenvalue weighted by molar-refractivity contribution is 7.80. The van der Waals surface area contributed by atoms with Gasteiger partial charge in [0, 0.05) is 43.9 Å². The van der Waals surface area contributed by atoms with Crippen molar-refractivity contribution < 1.29 is 5.11 Å². The summed E-state index contributed by atoms with van der Waals surface area (Å²) in [5, 5.41) is 10.6. The van der Waals surface area contributed by atoms with Crippen LogP contribution in [0.25, 0.3) is 21.6 Å². The largest absolute Gasteiger partial charge is 0.508 e. The monoisotopic (exact) mass is 470 g/mol. The van der Waals surface area contributed by atoms with E-state index >= 15 is 0 Å². The fourth-order valence-electron chi connectivity index (χ4n) is 4.06. The van der Waals surface area contributed by atoms with Gasteiger partial charge in [-0.3, -0.25) is 4.90 Å². The molecule has 0 unspecified atom stereocenters. The number of aromatic hydroxyl groups is 1. The summed E-state index contributed by atoms with van der Waals surface area (Å²) in [5.74, 6) is 0.374. The van der Waals surface area contributed by atoms with Gasteiger partial charge >= 0.3 is 0 Å². The van der Waals surface area contributed by atoms with Crippen LogP contribution in [0.1, 0.15) is 30.9 Å². The van der Waals surface area contributed by atoms with Crippen molar-refractivity contribution in [2.24, 2.45) is 0 Å². The van der Waals surface area contributed by atoms with Crippen LogP contribution < -0.4 is 0 Å². The Hall–Kier alpha value is -1.57. The smallest absolute Gasteiger partial charge is 0.120 e. The van der Waals surface area contributed by atoms with Crippen LogP contribution in [0.3, 0.4) is 0 Å². The van der Waals surface area contributed by atoms with Crippen molar-refractivity contribution in [2.45, 2.75) is 33.2 Å². The Morgan fingerprint density at radius 3 is 2.32 bits per heavy atom. The number of aryl methyl sites for hydroxylation is 1. The second-order valence-electron chi connectivity index (χ2n) is 8.34. The Morgan fingerprint density at radius 2 is 1.61 bits per heavy atom. The van der Waals surface area contributed by atoms with Crippen molar-refractivity contribution in [2.75, 3.05) is 32.7 Å². The molecule has 1 saturated heterocycles. The van der Waals surface area contributed by atoms with Crippen molar-refractivity contribution in [1.29, 1.82) is 0 Å². The van der Waals surface area contributed by atoms with Gasteiger partial charge in [-0.15, -0.1) is 0 Å². The van der Waals surface area contributed by atoms with E-state index < -0.39 is 0 Å². The maximum atomic E-state index is 10.6. The molecular weight excluding hydrogens is 440 g/mol. The summed E-state index contributed by atoms with van der Waals surface area (Å²) in [5.41, 5.74) is 5.67. The van der Waals surface area contributed by atoms with E-state index in [-0.39, 0.29) is 0 Å². The molecule has 3 aromatic rings. The van der Waals surface area contributed by atoms with Crippen LogP contribution in [0.4, 0.5) is 0 Å². The number of phenolic OH excluding ortho intramolecular Hbond substituents is 1. The molecule has 6 heteroatoms. The Kier molecular flexibility index (Phi) is 7.56. The Morgan fingerprint density at radius 1 is 0.935 bits per heavy atom. The van der Waals surface area contributed by atoms with E-state index in [4.69, 9.17) is 12.2 Å². The van der Waals surface area contributed by atoms with Gasteiger partial charge < -0.3 is 10.0 Å². The zero-order chi connectivity index (χ0) is 21.8. The molecule has 0 bridgehead atoms. The van der Waals surface area contributed by atoms with Crippen molar-refractivity contribution in [1.82, 2.24) is 9.80 Å². The SMILES string of the molecule is CCCCN1CCN(Cc2cc(-c3c(-c4ccc(C)cc4)ssc3=S)ccc2O)CC1. The molecule has 0 atom stereocenters. The molecule has 3 nitrogen and oxygen atoms in total. The van der Waals surface area contributed by atoms with Crippen LogP contribution in [-0.4, -0.2) is 47.6 Å². The van der Waals surface area contributed by atoms with Crippen LogP contribution >= 0.6 is 32.9 Å². The van der Waals surface area contributed by atoms with Crippen LogP contribution in [0.2, 0.25) is 0 Å². The van der Waals surface area contributed by atoms with Gasteiger partial charge in [0.2, 0.25) is 0 Å². The average Bonchev–Trinajstić information content (AvgIpc) is 3.16. The molecule has 1 fully saturated rings. The van der Waals surface area contributed by atoms with Crippen molar-refractivity contribution >= 4 is 32.9 Å². The standard InChI is InChI=1S/C25H30N2OS3/c1-3-4-11-26-12-14-27(15-13-26)17-21-16-20(9-10-22(21)28)23-24(30-31-25(23)29)19-7-5-18(2)6-8-19/h5-10,16,28H,3-4,11-15,17H2,1-2H3. The summed E-state index contributed by atoms with van der Waals surface area (Å²) in [7, 11) is 3.40. The lowest BCUT2D eigenvalue weighted by Crippen LogP contribution is -2.46. The van der Waals surface area contributed by atoms with E-state index in [1.807, 2.05) is 12.1 Å². The first kappa shape index (κ1) is 22.6. The van der Waals surface area contributed by atoms with Crippen LogP contribution in [0, 0.1) is 10.7 Å². The first-order chi connectivity index (χ1) is 15.0. The van der Waals surface area contributed by atoms with Gasteiger partial charge in [0.25, 0.3) is 0 Å². The lowest BCUT2D eigenvalue weighted by Gasteiger charge is -2.34. The molecule has 2 heterocycles. The van der Waals surface area contributed by atoms with Gasteiger partial charge in [0.1, 0.15) is 9.57 Å². The van der Waals surface area contributed by atoms with Crippen molar-refractivity contribution in [3.8, 4) is 27.3 Å². The Bertz CT molecular complexity index is 1060. The third-order valence-corrected chi connectivity index (χ3v) is 9.07. The molecule has 164 valence electrons. The highest BCUT2D eigenvalue weighted by Crippen LogP contribution is 2.42. The highest BCUT2D eigenvalue weighted by atomic mass is 32.9. The quantitative estimate of drug-likeness (QED) is 0.303. The number of nitrogens with zero attached hydrogens (tertiary/aromatic N) is 2. The second-order valence-corrected chi connectivity index (χ2v) is 11.2. The summed E-state index contributed by atoms with van der Waals surface area (Å²) >= 11 is 5.72. The predicted octanol–water partition coefficient (Wildman–Crippen LogP) is 6.80. The van der Waals surface area contributed by atoms with Gasteiger partial charge in [0.05, 0.1) is 4.88 Å². The lowest BCUT2D eigenvalue weighted by molar-refractivity contribution is 0.125. The zero-order valence-corrected chi connectivity index (χ0v) is 20.7. The van der Waals surface area contributed by atoms with Crippen LogP contribution in [-0.2, 0) is 6.54 Å². The van der Waals surface area contributed by atoms with Gasteiger partial charge in [0.15, 0.2) is 0 Å². The molecule has 0 amide bonds. The average molecular weight is 471 g/mol. The third-order valence-electron chi connectivity index (χ3n) is 6.00. The summed E-state index contributed by atoms with van der Waals surface area (Å²) in [4.78, 5) is 6.23. The Balaban J connectivity index is 1.55. The van der Waals surface area contributed by atoms with E-state index in [1.54, 1.807) is 20.7 Å². The molecule has 0 aliphatic carbocycles. The first-order valence-corrected chi connectivity index (χ1v) is 13.6. The molecule has 0 saturated carbocycles. The number of hydrogen-bond donors (Lipinski definition) is 1. The number of piperazine rings is 1. The number of hydrogen-bond acceptors (Lipinski definition) is 6. The minimum atomic E-state index is 0.374.